The van der Waals surface area contributed by atoms with Gasteiger partial charge in [-0.15, -0.1) is 0 Å². The number of carbonyl (C=O) groups is 2. The van der Waals surface area contributed by atoms with Crippen molar-refractivity contribution in [2.45, 2.75) is 149 Å². The first-order valence-electron chi connectivity index (χ1n) is 13.5. The van der Waals surface area contributed by atoms with E-state index in [0.717, 1.165) is 38.5 Å². The summed E-state index contributed by atoms with van der Waals surface area (Å²) in [6.45, 7) is 4.77. The van der Waals surface area contributed by atoms with Crippen LogP contribution >= 0.6 is 0 Å². The molecular weight excluding hydrogens is 388 g/mol. The van der Waals surface area contributed by atoms with Gasteiger partial charge in [0.15, 0.2) is 0 Å². The Morgan fingerprint density at radius 3 is 1.00 bits per heavy atom. The Hall–Kier alpha value is -1.06. The molecule has 0 aliphatic carbocycles. The third-order valence-electron chi connectivity index (χ3n) is 5.83. The number of carbonyl (C=O) groups excluding carboxylic acids is 2. The Labute approximate surface area is 193 Å². The van der Waals surface area contributed by atoms with Gasteiger partial charge in [-0.05, 0) is 12.8 Å². The molecule has 0 heterocycles. The maximum absolute atomic E-state index is 11.7. The average molecular weight is 441 g/mol. The second-order valence-corrected chi connectivity index (χ2v) is 8.95. The van der Waals surface area contributed by atoms with E-state index in [9.17, 15) is 9.59 Å². The summed E-state index contributed by atoms with van der Waals surface area (Å²) in [5, 5.41) is 0. The van der Waals surface area contributed by atoms with Crippen molar-refractivity contribution in [1.82, 2.24) is 0 Å². The van der Waals surface area contributed by atoms with Crippen molar-refractivity contribution in [3.05, 3.63) is 0 Å². The molecule has 0 aromatic carbocycles. The van der Waals surface area contributed by atoms with Crippen LogP contribution in [0.15, 0.2) is 0 Å². The molecule has 0 aromatic rings. The molecule has 0 saturated carbocycles. The smallest absolute Gasteiger partial charge is 0.305 e. The molecule has 0 bridgehead atoms. The highest BCUT2D eigenvalue weighted by atomic mass is 16.6. The Morgan fingerprint density at radius 2 is 0.677 bits per heavy atom. The third kappa shape index (κ3) is 25.1. The molecule has 31 heavy (non-hydrogen) atoms. The van der Waals surface area contributed by atoms with Crippen molar-refractivity contribution >= 4 is 11.9 Å². The van der Waals surface area contributed by atoms with E-state index in [1.807, 2.05) is 0 Å². The summed E-state index contributed by atoms with van der Waals surface area (Å²) < 4.78 is 10.2. The second-order valence-electron chi connectivity index (χ2n) is 8.95. The molecule has 0 aliphatic rings. The minimum Gasteiger partial charge on any atom is -0.462 e. The van der Waals surface area contributed by atoms with Crippen LogP contribution in [0.1, 0.15) is 149 Å². The molecule has 4 heteroatoms. The van der Waals surface area contributed by atoms with Crippen molar-refractivity contribution in [2.75, 3.05) is 13.2 Å². The normalized spacial score (nSPS) is 10.9. The molecule has 0 unspecified atom stereocenters. The monoisotopic (exact) mass is 440 g/mol. The van der Waals surface area contributed by atoms with E-state index in [2.05, 4.69) is 13.8 Å². The standard InChI is InChI=1S/C27H52O4/c1-3-5-7-9-10-11-12-13-14-15-16-17-18-19-21-23-27(29)31-25-24-30-26(28)22-20-8-6-4-2/h3-25H2,1-2H3. The third-order valence-corrected chi connectivity index (χ3v) is 5.83. The van der Waals surface area contributed by atoms with E-state index in [0.29, 0.717) is 12.8 Å². The Bertz CT molecular complexity index is 395. The van der Waals surface area contributed by atoms with Crippen LogP contribution in [0.4, 0.5) is 0 Å². The zero-order valence-corrected chi connectivity index (χ0v) is 20.9. The molecule has 0 atom stereocenters. The highest BCUT2D eigenvalue weighted by Gasteiger charge is 2.05. The van der Waals surface area contributed by atoms with Crippen molar-refractivity contribution in [1.29, 1.82) is 0 Å². The lowest BCUT2D eigenvalue weighted by Gasteiger charge is -2.07. The maximum atomic E-state index is 11.7. The van der Waals surface area contributed by atoms with Crippen LogP contribution < -0.4 is 0 Å². The van der Waals surface area contributed by atoms with Crippen molar-refractivity contribution < 1.29 is 19.1 Å². The van der Waals surface area contributed by atoms with Gasteiger partial charge < -0.3 is 9.47 Å². The summed E-state index contributed by atoms with van der Waals surface area (Å²) in [5.74, 6) is -0.358. The first-order valence-corrected chi connectivity index (χ1v) is 13.5. The molecule has 0 aliphatic heterocycles. The summed E-state index contributed by atoms with van der Waals surface area (Å²) >= 11 is 0. The van der Waals surface area contributed by atoms with Crippen LogP contribution in [0.3, 0.4) is 0 Å². The summed E-state index contributed by atoms with van der Waals surface area (Å²) in [7, 11) is 0. The highest BCUT2D eigenvalue weighted by Crippen LogP contribution is 2.13. The Balaban J connectivity index is 3.23. The first kappa shape index (κ1) is 29.9. The largest absolute Gasteiger partial charge is 0.462 e. The van der Waals surface area contributed by atoms with E-state index in [-0.39, 0.29) is 25.2 Å². The quantitative estimate of drug-likeness (QED) is 0.112. The molecule has 0 amide bonds. The second kappa shape index (κ2) is 25.2. The maximum Gasteiger partial charge on any atom is 0.305 e. The number of esters is 2. The molecule has 0 spiro atoms. The molecule has 0 saturated heterocycles. The van der Waals surface area contributed by atoms with Crippen LogP contribution in [0, 0.1) is 0 Å². The van der Waals surface area contributed by atoms with Gasteiger partial charge in [0.1, 0.15) is 13.2 Å². The predicted octanol–water partition coefficient (Wildman–Crippen LogP) is 8.30. The number of rotatable bonds is 24. The SMILES string of the molecule is CCCCCCCCCCCCCCCCCC(=O)OCCOC(=O)CCCCCC. The molecule has 0 fully saturated rings. The van der Waals surface area contributed by atoms with Crippen molar-refractivity contribution in [3.63, 3.8) is 0 Å². The van der Waals surface area contributed by atoms with Gasteiger partial charge in [0.25, 0.3) is 0 Å². The van der Waals surface area contributed by atoms with E-state index >= 15 is 0 Å². The van der Waals surface area contributed by atoms with E-state index in [1.165, 1.54) is 83.5 Å². The summed E-state index contributed by atoms with van der Waals surface area (Å²) in [6, 6.07) is 0. The lowest BCUT2D eigenvalue weighted by molar-refractivity contribution is -0.152. The number of ether oxygens (including phenoxy) is 2. The minimum absolute atomic E-state index is 0.173. The lowest BCUT2D eigenvalue weighted by atomic mass is 10.0. The fraction of sp³-hybridized carbons (Fsp3) is 0.926. The fourth-order valence-electron chi connectivity index (χ4n) is 3.79. The van der Waals surface area contributed by atoms with Crippen LogP contribution in [0.2, 0.25) is 0 Å². The molecule has 0 N–H and O–H groups in total. The topological polar surface area (TPSA) is 52.6 Å². The zero-order chi connectivity index (χ0) is 22.8. The van der Waals surface area contributed by atoms with Gasteiger partial charge in [0.05, 0.1) is 0 Å². The van der Waals surface area contributed by atoms with E-state index in [1.54, 1.807) is 0 Å². The van der Waals surface area contributed by atoms with E-state index < -0.39 is 0 Å². The molecule has 0 radical (unpaired) electrons. The predicted molar refractivity (Wildman–Crippen MR) is 130 cm³/mol. The van der Waals surface area contributed by atoms with Crippen LogP contribution in [0.5, 0.6) is 0 Å². The number of hydrogen-bond acceptors (Lipinski definition) is 4. The van der Waals surface area contributed by atoms with Gasteiger partial charge in [-0.1, -0.05) is 123 Å². The molecule has 184 valence electrons. The average Bonchev–Trinajstić information content (AvgIpc) is 2.77. The zero-order valence-electron chi connectivity index (χ0n) is 20.9. The molecule has 0 aromatic heterocycles. The molecule has 4 nitrogen and oxygen atoms in total. The Kier molecular flexibility index (Phi) is 24.3. The summed E-state index contributed by atoms with van der Waals surface area (Å²) in [6.07, 6.45) is 25.0. The summed E-state index contributed by atoms with van der Waals surface area (Å²) in [4.78, 5) is 23.2. The Morgan fingerprint density at radius 1 is 0.419 bits per heavy atom. The molecule has 0 rings (SSSR count). The van der Waals surface area contributed by atoms with Gasteiger partial charge in [-0.2, -0.15) is 0 Å². The number of unbranched alkanes of at least 4 members (excludes halogenated alkanes) is 17. The molecular formula is C27H52O4. The van der Waals surface area contributed by atoms with Gasteiger partial charge in [-0.3, -0.25) is 9.59 Å². The van der Waals surface area contributed by atoms with Crippen LogP contribution in [0.25, 0.3) is 0 Å². The van der Waals surface area contributed by atoms with Gasteiger partial charge >= 0.3 is 11.9 Å². The van der Waals surface area contributed by atoms with E-state index in [4.69, 9.17) is 9.47 Å². The first-order chi connectivity index (χ1) is 15.2. The minimum atomic E-state index is -0.186. The number of hydrogen-bond donors (Lipinski definition) is 0. The fourth-order valence-corrected chi connectivity index (χ4v) is 3.79. The van der Waals surface area contributed by atoms with Crippen LogP contribution in [-0.4, -0.2) is 25.2 Å². The highest BCUT2D eigenvalue weighted by molar-refractivity contribution is 5.70. The van der Waals surface area contributed by atoms with Gasteiger partial charge in [-0.25, -0.2) is 0 Å². The van der Waals surface area contributed by atoms with Crippen LogP contribution in [-0.2, 0) is 19.1 Å². The summed E-state index contributed by atoms with van der Waals surface area (Å²) in [5.41, 5.74) is 0. The van der Waals surface area contributed by atoms with Gasteiger partial charge in [0.2, 0.25) is 0 Å². The van der Waals surface area contributed by atoms with Crippen molar-refractivity contribution in [2.24, 2.45) is 0 Å². The van der Waals surface area contributed by atoms with Crippen molar-refractivity contribution in [3.8, 4) is 0 Å². The lowest BCUT2D eigenvalue weighted by Crippen LogP contribution is -2.13. The van der Waals surface area contributed by atoms with Gasteiger partial charge in [0, 0.05) is 12.8 Å².